The number of carbonyl (C=O) groups excluding carboxylic acids is 1. The highest BCUT2D eigenvalue weighted by molar-refractivity contribution is 7.91. The molecule has 2 fully saturated rings. The summed E-state index contributed by atoms with van der Waals surface area (Å²) >= 11 is 0. The van der Waals surface area contributed by atoms with Crippen LogP contribution in [-0.2, 0) is 9.84 Å². The number of urea groups is 1. The molecule has 19 heavy (non-hydrogen) atoms. The second kappa shape index (κ2) is 5.69. The van der Waals surface area contributed by atoms with Gasteiger partial charge in [-0.05, 0) is 30.6 Å². The third-order valence-corrected chi connectivity index (χ3v) is 6.20. The van der Waals surface area contributed by atoms with E-state index in [0.717, 1.165) is 0 Å². The predicted molar refractivity (Wildman–Crippen MR) is 74.7 cm³/mol. The summed E-state index contributed by atoms with van der Waals surface area (Å²) in [6.45, 7) is 3.38. The Bertz CT molecular complexity index is 427. The van der Waals surface area contributed by atoms with E-state index in [1.54, 1.807) is 0 Å². The normalized spacial score (nSPS) is 28.2. The summed E-state index contributed by atoms with van der Waals surface area (Å²) in [6, 6.07) is -0.169. The second-order valence-corrected chi connectivity index (χ2v) is 8.58. The minimum Gasteiger partial charge on any atom is -0.338 e. The highest BCUT2D eigenvalue weighted by Gasteiger charge is 2.30. The van der Waals surface area contributed by atoms with Gasteiger partial charge in [0, 0.05) is 13.1 Å². The van der Waals surface area contributed by atoms with Crippen LogP contribution in [0.3, 0.4) is 0 Å². The second-order valence-electron chi connectivity index (χ2n) is 6.35. The molecule has 1 atom stereocenters. The van der Waals surface area contributed by atoms with Gasteiger partial charge in [0.25, 0.3) is 0 Å². The molecule has 2 N–H and O–H groups in total. The van der Waals surface area contributed by atoms with E-state index in [-0.39, 0.29) is 28.9 Å². The molecular formula is C13H24N2O3S. The summed E-state index contributed by atoms with van der Waals surface area (Å²) in [7, 11) is -2.85. The van der Waals surface area contributed by atoms with Crippen LogP contribution in [-0.4, -0.2) is 39.0 Å². The summed E-state index contributed by atoms with van der Waals surface area (Å²) in [4.78, 5) is 11.7. The summed E-state index contributed by atoms with van der Waals surface area (Å²) < 4.78 is 22.6. The summed E-state index contributed by atoms with van der Waals surface area (Å²) in [5, 5.41) is 5.70. The van der Waals surface area contributed by atoms with Gasteiger partial charge in [0.2, 0.25) is 0 Å². The van der Waals surface area contributed by atoms with Crippen molar-refractivity contribution in [1.82, 2.24) is 10.6 Å². The highest BCUT2D eigenvalue weighted by atomic mass is 32.2. The number of carbonyl (C=O) groups is 1. The summed E-state index contributed by atoms with van der Waals surface area (Å²) in [6.07, 6.45) is 5.52. The molecule has 1 aliphatic carbocycles. The average Bonchev–Trinajstić information content (AvgIpc) is 2.91. The molecule has 1 saturated heterocycles. The Labute approximate surface area is 115 Å². The van der Waals surface area contributed by atoms with Crippen molar-refractivity contribution in [2.45, 2.75) is 39.0 Å². The third kappa shape index (κ3) is 4.37. The Balaban J connectivity index is 1.65. The molecule has 0 aromatic carbocycles. The molecule has 6 heteroatoms. The van der Waals surface area contributed by atoms with Gasteiger partial charge in [0.05, 0.1) is 11.5 Å². The molecule has 110 valence electrons. The first-order chi connectivity index (χ1) is 8.89. The van der Waals surface area contributed by atoms with Crippen LogP contribution in [0.5, 0.6) is 0 Å². The molecule has 2 rings (SSSR count). The van der Waals surface area contributed by atoms with E-state index in [9.17, 15) is 13.2 Å². The van der Waals surface area contributed by atoms with Crippen molar-refractivity contribution >= 4 is 15.9 Å². The number of nitrogens with one attached hydrogen (secondary N) is 2. The maximum atomic E-state index is 11.7. The molecule has 5 nitrogen and oxygen atoms in total. The Morgan fingerprint density at radius 3 is 2.53 bits per heavy atom. The fourth-order valence-corrected chi connectivity index (χ4v) is 4.89. The van der Waals surface area contributed by atoms with Crippen LogP contribution in [0.4, 0.5) is 4.79 Å². The zero-order valence-electron chi connectivity index (χ0n) is 11.6. The van der Waals surface area contributed by atoms with Gasteiger partial charge in [0.15, 0.2) is 9.84 Å². The lowest BCUT2D eigenvalue weighted by molar-refractivity contribution is 0.230. The Morgan fingerprint density at radius 1 is 1.26 bits per heavy atom. The minimum absolute atomic E-state index is 0.0813. The maximum Gasteiger partial charge on any atom is 0.314 e. The van der Waals surface area contributed by atoms with Crippen LogP contribution >= 0.6 is 0 Å². The van der Waals surface area contributed by atoms with Gasteiger partial charge in [-0.2, -0.15) is 0 Å². The monoisotopic (exact) mass is 288 g/mol. The van der Waals surface area contributed by atoms with Gasteiger partial charge in [-0.1, -0.05) is 19.8 Å². The van der Waals surface area contributed by atoms with Crippen LogP contribution in [0.1, 0.15) is 39.0 Å². The summed E-state index contributed by atoms with van der Waals surface area (Å²) in [5.74, 6) is 0.558. The van der Waals surface area contributed by atoms with Crippen LogP contribution < -0.4 is 10.6 Å². The number of hydrogen-bond acceptors (Lipinski definition) is 3. The van der Waals surface area contributed by atoms with E-state index in [4.69, 9.17) is 0 Å². The molecule has 0 spiro atoms. The van der Waals surface area contributed by atoms with Gasteiger partial charge in [0.1, 0.15) is 0 Å². The number of rotatable bonds is 4. The molecule has 2 aliphatic rings. The van der Waals surface area contributed by atoms with Crippen LogP contribution in [0, 0.1) is 11.3 Å². The Kier molecular flexibility index (Phi) is 4.38. The predicted octanol–water partition coefficient (Wildman–Crippen LogP) is 1.30. The molecule has 1 unspecified atom stereocenters. The van der Waals surface area contributed by atoms with E-state index < -0.39 is 9.84 Å². The average molecular weight is 288 g/mol. The van der Waals surface area contributed by atoms with E-state index in [2.05, 4.69) is 17.6 Å². The largest absolute Gasteiger partial charge is 0.338 e. The molecule has 2 amide bonds. The third-order valence-electron chi connectivity index (χ3n) is 4.36. The number of amides is 2. The van der Waals surface area contributed by atoms with E-state index >= 15 is 0 Å². The van der Waals surface area contributed by atoms with E-state index in [1.165, 1.54) is 25.7 Å². The topological polar surface area (TPSA) is 75.3 Å². The maximum absolute atomic E-state index is 11.7. The van der Waals surface area contributed by atoms with Crippen molar-refractivity contribution in [3.05, 3.63) is 0 Å². The molecule has 0 bridgehead atoms. The lowest BCUT2D eigenvalue weighted by Gasteiger charge is -2.23. The first-order valence-electron chi connectivity index (χ1n) is 7.11. The van der Waals surface area contributed by atoms with E-state index in [0.29, 0.717) is 19.5 Å². The molecular weight excluding hydrogens is 264 g/mol. The fraction of sp³-hybridized carbons (Fsp3) is 0.923. The van der Waals surface area contributed by atoms with Crippen molar-refractivity contribution in [2.24, 2.45) is 11.3 Å². The van der Waals surface area contributed by atoms with E-state index in [1.807, 2.05) is 0 Å². The Morgan fingerprint density at radius 2 is 1.95 bits per heavy atom. The van der Waals surface area contributed by atoms with Gasteiger partial charge in [-0.15, -0.1) is 0 Å². The van der Waals surface area contributed by atoms with Gasteiger partial charge in [-0.25, -0.2) is 13.2 Å². The lowest BCUT2D eigenvalue weighted by atomic mass is 9.89. The van der Waals surface area contributed by atoms with Crippen molar-refractivity contribution in [1.29, 1.82) is 0 Å². The molecule has 0 aromatic heterocycles. The van der Waals surface area contributed by atoms with Crippen molar-refractivity contribution in [3.63, 3.8) is 0 Å². The van der Waals surface area contributed by atoms with Gasteiger partial charge < -0.3 is 10.6 Å². The van der Waals surface area contributed by atoms with Crippen molar-refractivity contribution < 1.29 is 13.2 Å². The molecule has 1 saturated carbocycles. The van der Waals surface area contributed by atoms with Crippen LogP contribution in [0.15, 0.2) is 0 Å². The Hall–Kier alpha value is -0.780. The van der Waals surface area contributed by atoms with Crippen LogP contribution in [0.25, 0.3) is 0 Å². The smallest absolute Gasteiger partial charge is 0.314 e. The zero-order chi connectivity index (χ0) is 13.9. The number of sulfone groups is 1. The highest BCUT2D eigenvalue weighted by Crippen LogP contribution is 2.36. The minimum atomic E-state index is -2.85. The lowest BCUT2D eigenvalue weighted by Crippen LogP contribution is -2.42. The number of hydrogen-bond donors (Lipinski definition) is 2. The molecule has 0 aromatic rings. The quantitative estimate of drug-likeness (QED) is 0.819. The first kappa shape index (κ1) is 14.6. The van der Waals surface area contributed by atoms with Gasteiger partial charge >= 0.3 is 6.03 Å². The first-order valence-corrected chi connectivity index (χ1v) is 8.93. The standard InChI is InChI=1S/C13H24N2O3S/c1-13(5-2-3-6-13)10-15-12(16)14-8-11-4-7-19(17,18)9-11/h11H,2-10H2,1H3,(H2,14,15,16). The van der Waals surface area contributed by atoms with Gasteiger partial charge in [-0.3, -0.25) is 0 Å². The SMILES string of the molecule is CC1(CNC(=O)NCC2CCS(=O)(=O)C2)CCCC1. The molecule has 1 heterocycles. The molecule has 1 aliphatic heterocycles. The molecule has 0 radical (unpaired) electrons. The summed E-state index contributed by atoms with van der Waals surface area (Å²) in [5.41, 5.74) is 0.244. The van der Waals surface area contributed by atoms with Crippen LogP contribution in [0.2, 0.25) is 0 Å². The van der Waals surface area contributed by atoms with Crippen molar-refractivity contribution in [2.75, 3.05) is 24.6 Å². The van der Waals surface area contributed by atoms with Crippen molar-refractivity contribution in [3.8, 4) is 0 Å². The zero-order valence-corrected chi connectivity index (χ0v) is 12.4. The fourth-order valence-electron chi connectivity index (χ4n) is 3.03.